The molecular weight excluding hydrogens is 690 g/mol. The standard InChI is InChI=1S/C38H44F6N4O4/c1-35(2,3)51-31(49)19-27(15-17-37(39,40)41)33-45-21-29(47-33)25-11-7-23(8-12-25)24-9-13-26(14-10-24)30-22-46-34(48-30)28(16-18-38(42,43)44)20-32(50)52-36(4,5)6/h7-14,21-22,27-28H,15-20H2,1-6H3,(H,45,47)(H,46,48)/t27-,28-/m1/s1. The van der Waals surface area contributed by atoms with Crippen molar-refractivity contribution in [1.29, 1.82) is 0 Å². The van der Waals surface area contributed by atoms with Crippen molar-refractivity contribution in [3.05, 3.63) is 72.6 Å². The topological polar surface area (TPSA) is 110 Å². The number of aromatic nitrogens is 4. The number of hydrogen-bond acceptors (Lipinski definition) is 6. The molecule has 0 aliphatic heterocycles. The fourth-order valence-corrected chi connectivity index (χ4v) is 5.58. The molecule has 2 heterocycles. The molecule has 2 aromatic heterocycles. The molecule has 0 unspecified atom stereocenters. The van der Waals surface area contributed by atoms with Crippen molar-refractivity contribution in [1.82, 2.24) is 19.9 Å². The lowest BCUT2D eigenvalue weighted by Gasteiger charge is -2.22. The van der Waals surface area contributed by atoms with E-state index in [-0.39, 0.29) is 37.3 Å². The zero-order valence-corrected chi connectivity index (χ0v) is 30.0. The van der Waals surface area contributed by atoms with Gasteiger partial charge < -0.3 is 19.4 Å². The predicted molar refractivity (Wildman–Crippen MR) is 184 cm³/mol. The summed E-state index contributed by atoms with van der Waals surface area (Å²) >= 11 is 0. The molecule has 52 heavy (non-hydrogen) atoms. The van der Waals surface area contributed by atoms with Crippen LogP contribution in [0, 0.1) is 0 Å². The second-order valence-corrected chi connectivity index (χ2v) is 14.8. The number of aromatic amines is 2. The molecule has 0 aliphatic carbocycles. The first-order valence-corrected chi connectivity index (χ1v) is 16.9. The first-order valence-electron chi connectivity index (χ1n) is 16.9. The molecule has 14 heteroatoms. The fourth-order valence-electron chi connectivity index (χ4n) is 5.58. The SMILES string of the molecule is CC(C)(C)OC(=O)C[C@@H](CCC(F)(F)F)c1ncc(-c2ccc(-c3ccc(-c4cnc([C@H](CCC(F)(F)F)CC(=O)OC(C)(C)C)[nH]4)cc3)cc2)[nH]1. The molecule has 0 saturated carbocycles. The van der Waals surface area contributed by atoms with Gasteiger partial charge in [-0.15, -0.1) is 0 Å². The molecule has 4 rings (SSSR count). The Morgan fingerprint density at radius 3 is 1.17 bits per heavy atom. The lowest BCUT2D eigenvalue weighted by molar-refractivity contribution is -0.157. The van der Waals surface area contributed by atoms with E-state index in [9.17, 15) is 35.9 Å². The van der Waals surface area contributed by atoms with Gasteiger partial charge in [-0.3, -0.25) is 9.59 Å². The van der Waals surface area contributed by atoms with Crippen molar-refractivity contribution in [2.75, 3.05) is 0 Å². The predicted octanol–water partition coefficient (Wildman–Crippen LogP) is 10.4. The van der Waals surface area contributed by atoms with Crippen molar-refractivity contribution >= 4 is 11.9 Å². The summed E-state index contributed by atoms with van der Waals surface area (Å²) in [6, 6.07) is 14.9. The van der Waals surface area contributed by atoms with Crippen LogP contribution in [0.5, 0.6) is 0 Å². The number of hydrogen-bond donors (Lipinski definition) is 2. The number of esters is 2. The lowest BCUT2D eigenvalue weighted by Crippen LogP contribution is -2.25. The number of alkyl halides is 6. The van der Waals surface area contributed by atoms with Crippen molar-refractivity contribution in [3.8, 4) is 33.6 Å². The molecule has 0 radical (unpaired) electrons. The van der Waals surface area contributed by atoms with Crippen LogP contribution >= 0.6 is 0 Å². The Bertz CT molecular complexity index is 1650. The lowest BCUT2D eigenvalue weighted by atomic mass is 9.98. The van der Waals surface area contributed by atoms with Crippen molar-refractivity contribution in [3.63, 3.8) is 0 Å². The maximum atomic E-state index is 13.1. The molecule has 2 atom stereocenters. The highest BCUT2D eigenvalue weighted by molar-refractivity contribution is 5.73. The van der Waals surface area contributed by atoms with E-state index >= 15 is 0 Å². The molecule has 0 bridgehead atoms. The van der Waals surface area contributed by atoms with E-state index in [4.69, 9.17) is 9.47 Å². The van der Waals surface area contributed by atoms with Gasteiger partial charge >= 0.3 is 24.3 Å². The van der Waals surface area contributed by atoms with E-state index in [0.29, 0.717) is 11.4 Å². The quantitative estimate of drug-likeness (QED) is 0.105. The van der Waals surface area contributed by atoms with Gasteiger partial charge in [-0.25, -0.2) is 9.97 Å². The van der Waals surface area contributed by atoms with E-state index in [0.717, 1.165) is 22.3 Å². The van der Waals surface area contributed by atoms with Crippen LogP contribution in [-0.4, -0.2) is 55.4 Å². The summed E-state index contributed by atoms with van der Waals surface area (Å²) in [5.41, 5.74) is 2.82. The molecule has 4 aromatic rings. The number of carbonyl (C=O) groups is 2. The van der Waals surface area contributed by atoms with Crippen LogP contribution in [0.2, 0.25) is 0 Å². The van der Waals surface area contributed by atoms with Gasteiger partial charge in [0.25, 0.3) is 0 Å². The van der Waals surface area contributed by atoms with Crippen LogP contribution in [0.4, 0.5) is 26.3 Å². The first kappa shape index (κ1) is 40.2. The number of rotatable bonds is 13. The third kappa shape index (κ3) is 12.9. The highest BCUT2D eigenvalue weighted by Crippen LogP contribution is 2.34. The number of benzene rings is 2. The van der Waals surface area contributed by atoms with E-state index in [1.54, 1.807) is 41.5 Å². The maximum Gasteiger partial charge on any atom is 0.389 e. The van der Waals surface area contributed by atoms with Gasteiger partial charge in [0, 0.05) is 24.7 Å². The smallest absolute Gasteiger partial charge is 0.389 e. The largest absolute Gasteiger partial charge is 0.460 e. The molecule has 0 aliphatic rings. The molecule has 282 valence electrons. The van der Waals surface area contributed by atoms with E-state index < -0.39 is 60.2 Å². The van der Waals surface area contributed by atoms with E-state index in [2.05, 4.69) is 19.9 Å². The Balaban J connectivity index is 1.46. The normalized spacial score (nSPS) is 13.8. The molecule has 0 amide bonds. The Morgan fingerprint density at radius 2 is 0.885 bits per heavy atom. The molecule has 0 saturated heterocycles. The molecule has 2 N–H and O–H groups in total. The number of halogens is 6. The highest BCUT2D eigenvalue weighted by Gasteiger charge is 2.33. The number of H-pyrrole nitrogens is 2. The van der Waals surface area contributed by atoms with Crippen molar-refractivity contribution < 1.29 is 45.4 Å². The Labute approximate surface area is 298 Å². The van der Waals surface area contributed by atoms with Crippen LogP contribution in [-0.2, 0) is 19.1 Å². The Morgan fingerprint density at radius 1 is 0.577 bits per heavy atom. The highest BCUT2D eigenvalue weighted by atomic mass is 19.4. The third-order valence-electron chi connectivity index (χ3n) is 7.91. The van der Waals surface area contributed by atoms with Gasteiger partial charge in [-0.1, -0.05) is 48.5 Å². The van der Waals surface area contributed by atoms with Gasteiger partial charge in [-0.2, -0.15) is 26.3 Å². The molecule has 8 nitrogen and oxygen atoms in total. The average Bonchev–Trinajstić information content (AvgIpc) is 3.70. The number of ether oxygens (including phenoxy) is 2. The summed E-state index contributed by atoms with van der Waals surface area (Å²) in [5, 5.41) is 0. The van der Waals surface area contributed by atoms with Crippen molar-refractivity contribution in [2.45, 2.75) is 115 Å². The summed E-state index contributed by atoms with van der Waals surface area (Å²) < 4.78 is 89.1. The molecular formula is C38H44F6N4O4. The van der Waals surface area contributed by atoms with Gasteiger partial charge in [0.15, 0.2) is 0 Å². The number of nitrogens with zero attached hydrogens (tertiary/aromatic N) is 2. The molecule has 0 fully saturated rings. The van der Waals surface area contributed by atoms with Gasteiger partial charge in [0.1, 0.15) is 22.9 Å². The summed E-state index contributed by atoms with van der Waals surface area (Å²) in [6.45, 7) is 10.1. The number of imidazole rings is 2. The van der Waals surface area contributed by atoms with Crippen LogP contribution in [0.15, 0.2) is 60.9 Å². The second kappa shape index (κ2) is 16.0. The zero-order chi connectivity index (χ0) is 38.5. The summed E-state index contributed by atoms with van der Waals surface area (Å²) in [5.74, 6) is -2.31. The first-order chi connectivity index (χ1) is 24.0. The zero-order valence-electron chi connectivity index (χ0n) is 30.0. The fraction of sp³-hybridized carbons (Fsp3) is 0.474. The number of carbonyl (C=O) groups excluding carboxylic acids is 2. The maximum absolute atomic E-state index is 13.1. The third-order valence-corrected chi connectivity index (χ3v) is 7.91. The number of nitrogens with one attached hydrogen (secondary N) is 2. The minimum Gasteiger partial charge on any atom is -0.460 e. The van der Waals surface area contributed by atoms with Gasteiger partial charge in [-0.05, 0) is 76.6 Å². The van der Waals surface area contributed by atoms with Gasteiger partial charge in [0.05, 0.1) is 36.6 Å². The van der Waals surface area contributed by atoms with Crippen LogP contribution in [0.25, 0.3) is 33.6 Å². The van der Waals surface area contributed by atoms with Gasteiger partial charge in [0.2, 0.25) is 0 Å². The minimum atomic E-state index is -4.39. The summed E-state index contributed by atoms with van der Waals surface area (Å²) in [4.78, 5) is 39.7. The Kier molecular flexibility index (Phi) is 12.3. The summed E-state index contributed by atoms with van der Waals surface area (Å²) in [6.07, 6.45) is -9.01. The van der Waals surface area contributed by atoms with Crippen LogP contribution in [0.1, 0.15) is 104 Å². The molecule has 2 aromatic carbocycles. The second-order valence-electron chi connectivity index (χ2n) is 14.8. The molecule has 0 spiro atoms. The van der Waals surface area contributed by atoms with Crippen LogP contribution < -0.4 is 0 Å². The average molecular weight is 735 g/mol. The van der Waals surface area contributed by atoms with Crippen molar-refractivity contribution in [2.24, 2.45) is 0 Å². The Hall–Kier alpha value is -4.62. The van der Waals surface area contributed by atoms with E-state index in [1.807, 2.05) is 48.5 Å². The van der Waals surface area contributed by atoms with E-state index in [1.165, 1.54) is 12.4 Å². The minimum absolute atomic E-state index is 0.250. The summed E-state index contributed by atoms with van der Waals surface area (Å²) in [7, 11) is 0. The van der Waals surface area contributed by atoms with Crippen LogP contribution in [0.3, 0.4) is 0 Å². The monoisotopic (exact) mass is 734 g/mol.